The third-order valence-electron chi connectivity index (χ3n) is 11.7. The van der Waals surface area contributed by atoms with Gasteiger partial charge in [0.2, 0.25) is 0 Å². The van der Waals surface area contributed by atoms with Crippen molar-refractivity contribution >= 4 is 11.5 Å². The molecule has 0 unspecified atom stereocenters. The second-order valence-electron chi connectivity index (χ2n) is 13.5. The molecule has 0 spiro atoms. The van der Waals surface area contributed by atoms with Gasteiger partial charge in [-0.1, -0.05) is 20.8 Å². The molecule has 2 N–H and O–H groups in total. The van der Waals surface area contributed by atoms with Crippen LogP contribution in [0.5, 0.6) is 5.75 Å². The molecule has 0 aliphatic heterocycles. The number of methoxy groups -OCH3 is 1. The van der Waals surface area contributed by atoms with E-state index >= 15 is 4.39 Å². The number of hydrogen-bond acceptors (Lipinski definition) is 4. The molecule has 1 aromatic rings. The number of carbonyl (C=O) groups excluding carboxylic acids is 1. The molecule has 4 fully saturated rings. The number of hydrogen-bond donors (Lipinski definition) is 2. The molecule has 0 bridgehead atoms. The largest absolute Gasteiger partial charge is 0.494 e. The Morgan fingerprint density at radius 3 is 2.44 bits per heavy atom. The van der Waals surface area contributed by atoms with Crippen molar-refractivity contribution < 1.29 is 23.4 Å². The number of nitrogens with one attached hydrogen (secondary N) is 1. The molecular formula is C30H43F2NO3. The van der Waals surface area contributed by atoms with E-state index in [1.807, 2.05) is 6.92 Å². The average molecular weight is 504 g/mol. The van der Waals surface area contributed by atoms with Crippen LogP contribution < -0.4 is 10.1 Å². The molecule has 36 heavy (non-hydrogen) atoms. The fraction of sp³-hybridized carbons (Fsp3) is 0.767. The van der Waals surface area contributed by atoms with Gasteiger partial charge in [0.25, 0.3) is 0 Å². The Labute approximate surface area is 214 Å². The Hall–Kier alpha value is -1.69. The molecule has 0 amide bonds. The summed E-state index contributed by atoms with van der Waals surface area (Å²) in [6.45, 7) is 8.72. The number of alkyl halides is 1. The van der Waals surface area contributed by atoms with E-state index in [0.29, 0.717) is 30.7 Å². The maximum absolute atomic E-state index is 17.1. The first-order valence-corrected chi connectivity index (χ1v) is 13.8. The second-order valence-corrected chi connectivity index (χ2v) is 13.5. The van der Waals surface area contributed by atoms with E-state index in [2.05, 4.69) is 26.1 Å². The SMILES string of the molecule is COc1cc(F)ccc1NCC(=O)[C@H]1CC[C@@]2(C)[C@@H]3CC[C@@]4(C)C[C@](C)(O)CC[C@]4(F)[C@H]3CC[C@]12C. The van der Waals surface area contributed by atoms with Crippen LogP contribution in [0.15, 0.2) is 18.2 Å². The molecule has 6 heteroatoms. The molecule has 4 aliphatic rings. The van der Waals surface area contributed by atoms with Crippen LogP contribution in [0.25, 0.3) is 0 Å². The number of anilines is 1. The summed E-state index contributed by atoms with van der Waals surface area (Å²) in [6, 6.07) is 4.28. The first-order chi connectivity index (χ1) is 16.8. The number of halogens is 2. The Morgan fingerprint density at radius 2 is 1.72 bits per heavy atom. The van der Waals surface area contributed by atoms with E-state index in [1.54, 1.807) is 6.07 Å². The number of aliphatic hydroxyl groups is 1. The van der Waals surface area contributed by atoms with Gasteiger partial charge < -0.3 is 15.2 Å². The molecule has 5 rings (SSSR count). The summed E-state index contributed by atoms with van der Waals surface area (Å²) in [5, 5.41) is 14.0. The van der Waals surface area contributed by atoms with Crippen molar-refractivity contribution in [2.45, 2.75) is 96.8 Å². The van der Waals surface area contributed by atoms with Crippen LogP contribution in [0.4, 0.5) is 14.5 Å². The molecule has 0 heterocycles. The van der Waals surface area contributed by atoms with Gasteiger partial charge in [-0.25, -0.2) is 8.78 Å². The summed E-state index contributed by atoms with van der Waals surface area (Å²) in [5.41, 5.74) is -2.14. The summed E-state index contributed by atoms with van der Waals surface area (Å²) in [7, 11) is 1.49. The summed E-state index contributed by atoms with van der Waals surface area (Å²) in [4.78, 5) is 13.6. The second kappa shape index (κ2) is 8.41. The van der Waals surface area contributed by atoms with Gasteiger partial charge in [-0.05, 0) is 99.5 Å². The Morgan fingerprint density at radius 1 is 1.03 bits per heavy atom. The van der Waals surface area contributed by atoms with Crippen molar-refractivity contribution in [2.24, 2.45) is 34.0 Å². The minimum Gasteiger partial charge on any atom is -0.494 e. The van der Waals surface area contributed by atoms with E-state index in [-0.39, 0.29) is 46.7 Å². The van der Waals surface area contributed by atoms with E-state index in [9.17, 15) is 14.3 Å². The quantitative estimate of drug-likeness (QED) is 0.469. The maximum atomic E-state index is 17.1. The lowest BCUT2D eigenvalue weighted by atomic mass is 9.40. The van der Waals surface area contributed by atoms with Crippen molar-refractivity contribution in [1.82, 2.24) is 0 Å². The third-order valence-corrected chi connectivity index (χ3v) is 11.7. The van der Waals surface area contributed by atoms with Crippen LogP contribution in [-0.4, -0.2) is 35.8 Å². The summed E-state index contributed by atoms with van der Waals surface area (Å²) >= 11 is 0. The van der Waals surface area contributed by atoms with Crippen LogP contribution in [-0.2, 0) is 4.79 Å². The number of fused-ring (bicyclic) bond motifs is 5. The molecule has 0 aromatic heterocycles. The minimum atomic E-state index is -1.24. The molecule has 4 aliphatic carbocycles. The third kappa shape index (κ3) is 3.64. The molecule has 4 saturated carbocycles. The van der Waals surface area contributed by atoms with Gasteiger partial charge in [0.1, 0.15) is 17.2 Å². The Bertz CT molecular complexity index is 1050. The maximum Gasteiger partial charge on any atom is 0.155 e. The number of benzene rings is 1. The predicted molar refractivity (Wildman–Crippen MR) is 137 cm³/mol. The van der Waals surface area contributed by atoms with E-state index in [1.165, 1.54) is 19.2 Å². The van der Waals surface area contributed by atoms with E-state index in [0.717, 1.165) is 38.5 Å². The number of carbonyl (C=O) groups is 1. The van der Waals surface area contributed by atoms with Crippen LogP contribution in [0.3, 0.4) is 0 Å². The van der Waals surface area contributed by atoms with E-state index < -0.39 is 16.7 Å². The summed E-state index contributed by atoms with van der Waals surface area (Å²) in [6.07, 6.45) is 6.73. The van der Waals surface area contributed by atoms with Crippen molar-refractivity contribution in [2.75, 3.05) is 19.0 Å². The highest BCUT2D eigenvalue weighted by Crippen LogP contribution is 2.73. The van der Waals surface area contributed by atoms with Crippen LogP contribution >= 0.6 is 0 Å². The molecular weight excluding hydrogens is 460 g/mol. The van der Waals surface area contributed by atoms with Crippen LogP contribution in [0.2, 0.25) is 0 Å². The first kappa shape index (κ1) is 25.9. The minimum absolute atomic E-state index is 0.000813. The first-order valence-electron chi connectivity index (χ1n) is 13.8. The Balaban J connectivity index is 1.35. The van der Waals surface area contributed by atoms with Crippen molar-refractivity contribution in [3.8, 4) is 5.75 Å². The standard InChI is InChI=1S/C30H43F2NO3/c1-26-11-8-20-21(30(26,32)15-14-27(2,35)18-26)9-12-29(4)22(10-13-28(20,29)3)24(34)17-33-23-7-6-19(31)16-25(23)36-5/h6-7,16,20-22,33,35H,8-15,17-18H2,1-5H3/t20-,21+,22-,26+,27-,28+,29-,30+/m1/s1. The van der Waals surface area contributed by atoms with Gasteiger partial charge >= 0.3 is 0 Å². The van der Waals surface area contributed by atoms with Crippen LogP contribution in [0, 0.1) is 39.8 Å². The molecule has 8 atom stereocenters. The highest BCUT2D eigenvalue weighted by Gasteiger charge is 2.70. The lowest BCUT2D eigenvalue weighted by molar-refractivity contribution is -0.222. The molecule has 200 valence electrons. The van der Waals surface area contributed by atoms with Gasteiger partial charge in [0.05, 0.1) is 24.9 Å². The normalized spacial score (nSPS) is 45.8. The number of rotatable bonds is 5. The van der Waals surface area contributed by atoms with Gasteiger partial charge in [0.15, 0.2) is 5.78 Å². The predicted octanol–water partition coefficient (Wildman–Crippen LogP) is 6.71. The number of ketones is 1. The highest BCUT2D eigenvalue weighted by molar-refractivity contribution is 5.86. The highest BCUT2D eigenvalue weighted by atomic mass is 19.1. The zero-order valence-electron chi connectivity index (χ0n) is 22.6. The van der Waals surface area contributed by atoms with Gasteiger partial charge in [-0.2, -0.15) is 0 Å². The van der Waals surface area contributed by atoms with Crippen molar-refractivity contribution in [1.29, 1.82) is 0 Å². The number of Topliss-reactive ketones (excluding diaryl/α,β-unsaturated/α-hetero) is 1. The molecule has 1 aromatic carbocycles. The lowest BCUT2D eigenvalue weighted by Gasteiger charge is -2.66. The van der Waals surface area contributed by atoms with Crippen molar-refractivity contribution in [3.05, 3.63) is 24.0 Å². The monoisotopic (exact) mass is 503 g/mol. The zero-order chi connectivity index (χ0) is 26.1. The smallest absolute Gasteiger partial charge is 0.155 e. The lowest BCUT2D eigenvalue weighted by Crippen LogP contribution is -2.65. The average Bonchev–Trinajstić information content (AvgIpc) is 3.09. The Kier molecular flexibility index (Phi) is 6.06. The number of ether oxygens (including phenoxy) is 1. The molecule has 4 nitrogen and oxygen atoms in total. The van der Waals surface area contributed by atoms with Gasteiger partial charge in [-0.3, -0.25) is 4.79 Å². The summed E-state index contributed by atoms with van der Waals surface area (Å²) < 4.78 is 35.9. The van der Waals surface area contributed by atoms with Gasteiger partial charge in [0, 0.05) is 17.4 Å². The summed E-state index contributed by atoms with van der Waals surface area (Å²) in [5.74, 6) is 0.376. The topological polar surface area (TPSA) is 58.6 Å². The fourth-order valence-electron chi connectivity index (χ4n) is 9.55. The van der Waals surface area contributed by atoms with Crippen LogP contribution in [0.1, 0.15) is 85.5 Å². The van der Waals surface area contributed by atoms with Gasteiger partial charge in [-0.15, -0.1) is 0 Å². The fourth-order valence-corrected chi connectivity index (χ4v) is 9.55. The van der Waals surface area contributed by atoms with Crippen molar-refractivity contribution in [3.63, 3.8) is 0 Å². The molecule has 0 radical (unpaired) electrons. The van der Waals surface area contributed by atoms with E-state index in [4.69, 9.17) is 4.74 Å². The molecule has 0 saturated heterocycles. The zero-order valence-corrected chi connectivity index (χ0v) is 22.6.